The molecule has 0 unspecified atom stereocenters. The Labute approximate surface area is 134 Å². The number of hydrogen-bond acceptors (Lipinski definition) is 4. The minimum atomic E-state index is -0.535. The zero-order valence-corrected chi connectivity index (χ0v) is 12.7. The number of aromatic amines is 1. The first-order valence-electron chi connectivity index (χ1n) is 6.60. The molecule has 3 rings (SSSR count). The molecule has 0 bridgehead atoms. The van der Waals surface area contributed by atoms with Gasteiger partial charge in [0.25, 0.3) is 11.1 Å². The molecule has 0 aliphatic rings. The van der Waals surface area contributed by atoms with Gasteiger partial charge in [0.1, 0.15) is 22.5 Å². The maximum Gasteiger partial charge on any atom is 0.274 e. The topological polar surface area (TPSA) is 77.0 Å². The highest BCUT2D eigenvalue weighted by molar-refractivity contribution is 6.30. The van der Waals surface area contributed by atoms with Crippen LogP contribution in [0.25, 0.3) is 10.9 Å². The van der Waals surface area contributed by atoms with E-state index in [4.69, 9.17) is 16.3 Å². The molecule has 1 aromatic carbocycles. The van der Waals surface area contributed by atoms with Crippen molar-refractivity contribution in [3.05, 3.63) is 67.8 Å². The summed E-state index contributed by atoms with van der Waals surface area (Å²) in [6, 6.07) is 4.18. The molecule has 0 radical (unpaired) electrons. The Hall–Kier alpha value is -2.67. The fourth-order valence-corrected chi connectivity index (χ4v) is 2.47. The summed E-state index contributed by atoms with van der Waals surface area (Å²) in [7, 11) is 1.39. The van der Waals surface area contributed by atoms with Crippen molar-refractivity contribution in [1.82, 2.24) is 14.5 Å². The van der Waals surface area contributed by atoms with Crippen molar-refractivity contribution < 1.29 is 9.13 Å². The first-order chi connectivity index (χ1) is 11.0. The Morgan fingerprint density at radius 2 is 2.17 bits per heavy atom. The number of rotatable bonds is 3. The maximum absolute atomic E-state index is 13.2. The molecular weight excluding hydrogens is 325 g/mol. The Morgan fingerprint density at radius 1 is 1.39 bits per heavy atom. The summed E-state index contributed by atoms with van der Waals surface area (Å²) < 4.78 is 19.6. The number of pyridine rings is 1. The number of ether oxygens (including phenoxy) is 1. The maximum atomic E-state index is 13.2. The quantitative estimate of drug-likeness (QED) is 0.793. The molecule has 0 aliphatic carbocycles. The van der Waals surface area contributed by atoms with Crippen LogP contribution >= 0.6 is 11.6 Å². The van der Waals surface area contributed by atoms with E-state index in [0.717, 1.165) is 0 Å². The number of hydrogen-bond donors (Lipinski definition) is 1. The second-order valence-electron chi connectivity index (χ2n) is 4.84. The monoisotopic (exact) mass is 335 g/mol. The van der Waals surface area contributed by atoms with Crippen molar-refractivity contribution in [1.29, 1.82) is 0 Å². The SMILES string of the molecule is COc1c[nH]c(=O)c2ncn(Cc3ccc(F)c(Cl)c3)c(=O)c12. The molecule has 23 heavy (non-hydrogen) atoms. The molecule has 0 aliphatic heterocycles. The number of H-pyrrole nitrogens is 1. The zero-order valence-electron chi connectivity index (χ0n) is 12.0. The Morgan fingerprint density at radius 3 is 2.87 bits per heavy atom. The number of fused-ring (bicyclic) bond motifs is 1. The van der Waals surface area contributed by atoms with Crippen LogP contribution in [0.15, 0.2) is 40.3 Å². The molecule has 0 atom stereocenters. The first-order valence-corrected chi connectivity index (χ1v) is 6.98. The summed E-state index contributed by atoms with van der Waals surface area (Å²) >= 11 is 5.74. The van der Waals surface area contributed by atoms with Gasteiger partial charge >= 0.3 is 0 Å². The second-order valence-corrected chi connectivity index (χ2v) is 5.24. The van der Waals surface area contributed by atoms with Gasteiger partial charge in [0.2, 0.25) is 0 Å². The Bertz CT molecular complexity index is 1010. The number of methoxy groups -OCH3 is 1. The molecule has 0 fully saturated rings. The van der Waals surface area contributed by atoms with Gasteiger partial charge in [0.15, 0.2) is 0 Å². The van der Waals surface area contributed by atoms with E-state index in [9.17, 15) is 14.0 Å². The summed E-state index contributed by atoms with van der Waals surface area (Å²) in [5, 5.41) is 0.0604. The number of nitrogens with one attached hydrogen (secondary N) is 1. The third-order valence-corrected chi connectivity index (χ3v) is 3.68. The van der Waals surface area contributed by atoms with Gasteiger partial charge in [-0.15, -0.1) is 0 Å². The predicted molar refractivity (Wildman–Crippen MR) is 83.7 cm³/mol. The lowest BCUT2D eigenvalue weighted by Crippen LogP contribution is -2.24. The van der Waals surface area contributed by atoms with Crippen molar-refractivity contribution in [2.75, 3.05) is 7.11 Å². The summed E-state index contributed by atoms with van der Waals surface area (Å²) in [5.74, 6) is -0.309. The van der Waals surface area contributed by atoms with Crippen molar-refractivity contribution >= 4 is 22.5 Å². The van der Waals surface area contributed by atoms with E-state index in [1.165, 1.54) is 42.4 Å². The van der Waals surface area contributed by atoms with E-state index in [1.54, 1.807) is 0 Å². The lowest BCUT2D eigenvalue weighted by atomic mass is 10.2. The molecule has 0 saturated heterocycles. The smallest absolute Gasteiger partial charge is 0.274 e. The average molecular weight is 336 g/mol. The lowest BCUT2D eigenvalue weighted by molar-refractivity contribution is 0.417. The van der Waals surface area contributed by atoms with Gasteiger partial charge < -0.3 is 9.72 Å². The van der Waals surface area contributed by atoms with Crippen LogP contribution in [0.3, 0.4) is 0 Å². The standard InChI is InChI=1S/C15H11ClFN3O3/c1-23-11-5-18-14(21)13-12(11)15(22)20(7-19-13)6-8-2-3-10(17)9(16)4-8/h2-5,7H,6H2,1H3,(H,18,21). The minimum absolute atomic E-state index is 0.00254. The summed E-state index contributed by atoms with van der Waals surface area (Å²) in [4.78, 5) is 30.8. The molecule has 0 amide bonds. The molecule has 1 N–H and O–H groups in total. The minimum Gasteiger partial charge on any atom is -0.494 e. The van der Waals surface area contributed by atoms with E-state index in [1.807, 2.05) is 0 Å². The first kappa shape index (κ1) is 15.2. The van der Waals surface area contributed by atoms with Crippen molar-refractivity contribution in [2.24, 2.45) is 0 Å². The van der Waals surface area contributed by atoms with Crippen molar-refractivity contribution in [3.63, 3.8) is 0 Å². The van der Waals surface area contributed by atoms with E-state index in [0.29, 0.717) is 5.56 Å². The van der Waals surface area contributed by atoms with Crippen LogP contribution in [0.1, 0.15) is 5.56 Å². The Balaban J connectivity index is 2.15. The summed E-state index contributed by atoms with van der Waals surface area (Å²) in [5.41, 5.74) is -0.278. The van der Waals surface area contributed by atoms with Crippen LogP contribution in [0, 0.1) is 5.82 Å². The molecule has 8 heteroatoms. The largest absolute Gasteiger partial charge is 0.494 e. The van der Waals surface area contributed by atoms with Gasteiger partial charge in [-0.2, -0.15) is 0 Å². The van der Waals surface area contributed by atoms with Crippen LogP contribution in [0.4, 0.5) is 4.39 Å². The van der Waals surface area contributed by atoms with E-state index < -0.39 is 16.9 Å². The lowest BCUT2D eigenvalue weighted by Gasteiger charge is -2.09. The molecule has 6 nitrogen and oxygen atoms in total. The van der Waals surface area contributed by atoms with E-state index in [-0.39, 0.29) is 28.2 Å². The molecule has 2 heterocycles. The Kier molecular flexibility index (Phi) is 3.87. The van der Waals surface area contributed by atoms with E-state index in [2.05, 4.69) is 9.97 Å². The van der Waals surface area contributed by atoms with Crippen LogP contribution in [-0.2, 0) is 6.54 Å². The van der Waals surface area contributed by atoms with Gasteiger partial charge in [-0.25, -0.2) is 9.37 Å². The highest BCUT2D eigenvalue weighted by Gasteiger charge is 2.13. The van der Waals surface area contributed by atoms with E-state index >= 15 is 0 Å². The van der Waals surface area contributed by atoms with Crippen LogP contribution in [0.5, 0.6) is 5.75 Å². The average Bonchev–Trinajstić information content (AvgIpc) is 2.54. The van der Waals surface area contributed by atoms with Crippen LogP contribution < -0.4 is 15.9 Å². The summed E-state index contributed by atoms with van der Waals surface area (Å²) in [6.45, 7) is 0.137. The fraction of sp³-hybridized carbons (Fsp3) is 0.133. The third-order valence-electron chi connectivity index (χ3n) is 3.39. The number of aromatic nitrogens is 3. The molecule has 0 saturated carbocycles. The molecule has 2 aromatic heterocycles. The van der Waals surface area contributed by atoms with Gasteiger partial charge in [-0.1, -0.05) is 17.7 Å². The van der Waals surface area contributed by atoms with Gasteiger partial charge in [0.05, 0.1) is 25.0 Å². The van der Waals surface area contributed by atoms with Crippen molar-refractivity contribution in [3.8, 4) is 5.75 Å². The van der Waals surface area contributed by atoms with Crippen LogP contribution in [0.2, 0.25) is 5.02 Å². The highest BCUT2D eigenvalue weighted by Crippen LogP contribution is 2.18. The van der Waals surface area contributed by atoms with Gasteiger partial charge in [-0.05, 0) is 17.7 Å². The van der Waals surface area contributed by atoms with Crippen molar-refractivity contribution in [2.45, 2.75) is 6.54 Å². The summed E-state index contributed by atoms with van der Waals surface area (Å²) in [6.07, 6.45) is 2.57. The van der Waals surface area contributed by atoms with Crippen LogP contribution in [-0.4, -0.2) is 21.6 Å². The zero-order chi connectivity index (χ0) is 16.6. The van der Waals surface area contributed by atoms with Gasteiger partial charge in [-0.3, -0.25) is 14.2 Å². The number of halogens is 2. The molecule has 3 aromatic rings. The third kappa shape index (κ3) is 2.70. The number of benzene rings is 1. The molecule has 0 spiro atoms. The number of nitrogens with zero attached hydrogens (tertiary/aromatic N) is 2. The molecular formula is C15H11ClFN3O3. The second kappa shape index (κ2) is 5.85. The fourth-order valence-electron chi connectivity index (χ4n) is 2.26. The van der Waals surface area contributed by atoms with Gasteiger partial charge in [0, 0.05) is 6.20 Å². The molecule has 118 valence electrons. The predicted octanol–water partition coefficient (Wildman–Crippen LogP) is 1.93. The highest BCUT2D eigenvalue weighted by atomic mass is 35.5. The normalized spacial score (nSPS) is 10.9.